The van der Waals surface area contributed by atoms with Gasteiger partial charge in [-0.05, 0) is 48.7 Å². The maximum Gasteiger partial charge on any atom is 0.408 e. The van der Waals surface area contributed by atoms with Crippen molar-refractivity contribution in [3.8, 4) is 11.5 Å². The third-order valence-electron chi connectivity index (χ3n) is 12.4. The number of unbranched alkanes of at least 4 members (excludes halogenated alkanes) is 6. The van der Waals surface area contributed by atoms with Gasteiger partial charge in [-0.3, -0.25) is 9.59 Å². The topological polar surface area (TPSA) is 150 Å². The Balaban J connectivity index is 0.829. The molecule has 8 rings (SSSR count). The standard InChI is InChI=1S/C49H57ClN4O7/c50-46-39(47(36-17-10-7-11-18-36)53-49(59)61-44-33-54(28-25-35(44)26-29-54)32-42(57)34-15-8-6-9-16-34)19-14-20-43(46)60-30-13-5-3-1-2-4-12-27-51-31-41(56)37-21-23-40(55)48-38(37)22-24-45(58)52-48/h6-11,14-24,35,41,44,47,51,56H,1-5,12-13,25-33H2,(H2-,52,53,55,58,59)/p+1/t35?,41-,44-,47?,54?/m0/s1. The number of benzene rings is 4. The van der Waals surface area contributed by atoms with Gasteiger partial charge in [0.1, 0.15) is 24.6 Å². The molecule has 0 spiro atoms. The number of amides is 1. The number of phenols is 1. The highest BCUT2D eigenvalue weighted by Crippen LogP contribution is 2.38. The van der Waals surface area contributed by atoms with Gasteiger partial charge in [0.2, 0.25) is 11.3 Å². The zero-order valence-electron chi connectivity index (χ0n) is 34.7. The number of fused-ring (bicyclic) bond motifs is 4. The lowest BCUT2D eigenvalue weighted by Gasteiger charge is -2.51. The van der Waals surface area contributed by atoms with E-state index in [2.05, 4.69) is 15.6 Å². The van der Waals surface area contributed by atoms with Crippen LogP contribution in [0.4, 0.5) is 4.79 Å². The Morgan fingerprint density at radius 2 is 1.52 bits per heavy atom. The van der Waals surface area contributed by atoms with Crippen LogP contribution in [0.2, 0.25) is 5.02 Å². The van der Waals surface area contributed by atoms with Crippen molar-refractivity contribution < 1.29 is 33.8 Å². The van der Waals surface area contributed by atoms with Gasteiger partial charge in [-0.15, -0.1) is 0 Å². The molecule has 1 unspecified atom stereocenters. The summed E-state index contributed by atoms with van der Waals surface area (Å²) in [6, 6.07) is 30.5. The smallest absolute Gasteiger partial charge is 0.408 e. The third kappa shape index (κ3) is 11.4. The second-order valence-corrected chi connectivity index (χ2v) is 17.1. The number of hydrogen-bond donors (Lipinski definition) is 5. The van der Waals surface area contributed by atoms with Gasteiger partial charge in [-0.1, -0.05) is 123 Å². The largest absolute Gasteiger partial charge is 0.506 e. The van der Waals surface area contributed by atoms with Crippen LogP contribution >= 0.6 is 11.6 Å². The van der Waals surface area contributed by atoms with Gasteiger partial charge in [0, 0.05) is 47.9 Å². The fraction of sp³-hybridized carbons (Fsp3) is 0.408. The molecule has 0 aliphatic carbocycles. The van der Waals surface area contributed by atoms with E-state index in [4.69, 9.17) is 21.1 Å². The molecule has 2 bridgehead atoms. The first-order valence-corrected chi connectivity index (χ1v) is 22.2. The number of rotatable bonds is 21. The first-order chi connectivity index (χ1) is 29.7. The van der Waals surface area contributed by atoms with Crippen molar-refractivity contribution in [3.63, 3.8) is 0 Å². The van der Waals surface area contributed by atoms with Crippen LogP contribution < -0.4 is 20.9 Å². The summed E-state index contributed by atoms with van der Waals surface area (Å²) in [5.41, 5.74) is 3.01. The van der Waals surface area contributed by atoms with E-state index < -0.39 is 18.2 Å². The van der Waals surface area contributed by atoms with Gasteiger partial charge in [-0.25, -0.2) is 4.79 Å². The Hall–Kier alpha value is -5.20. The molecule has 3 fully saturated rings. The van der Waals surface area contributed by atoms with Crippen LogP contribution in [0.25, 0.3) is 10.9 Å². The number of alkyl carbamates (subject to hydrolysis) is 1. The van der Waals surface area contributed by atoms with Crippen LogP contribution in [0.1, 0.15) is 97.0 Å². The number of nitrogens with zero attached hydrogens (tertiary/aromatic N) is 1. The fourth-order valence-electron chi connectivity index (χ4n) is 9.05. The minimum atomic E-state index is -0.764. The number of ketones is 1. The zero-order valence-corrected chi connectivity index (χ0v) is 35.5. The van der Waals surface area contributed by atoms with Crippen LogP contribution in [-0.4, -0.2) is 83.5 Å². The minimum Gasteiger partial charge on any atom is -0.506 e. The number of carbonyl (C=O) groups is 2. The predicted octanol–water partition coefficient (Wildman–Crippen LogP) is 8.63. The first-order valence-electron chi connectivity index (χ1n) is 21.8. The van der Waals surface area contributed by atoms with Crippen molar-refractivity contribution in [1.29, 1.82) is 0 Å². The molecule has 1 aromatic heterocycles. The van der Waals surface area contributed by atoms with Gasteiger partial charge in [-0.2, -0.15) is 0 Å². The molecule has 3 saturated heterocycles. The molecule has 1 amide bonds. The van der Waals surface area contributed by atoms with Crippen molar-refractivity contribution in [3.05, 3.63) is 141 Å². The van der Waals surface area contributed by atoms with E-state index in [1.54, 1.807) is 12.1 Å². The number of H-pyrrole nitrogens is 1. The summed E-state index contributed by atoms with van der Waals surface area (Å²) in [7, 11) is 0. The van der Waals surface area contributed by atoms with Gasteiger partial charge in [0.25, 0.3) is 0 Å². The van der Waals surface area contributed by atoms with E-state index in [1.165, 1.54) is 12.1 Å². The number of nitrogens with one attached hydrogen (secondary N) is 3. The highest BCUT2D eigenvalue weighted by Gasteiger charge is 2.48. The van der Waals surface area contributed by atoms with Gasteiger partial charge in [0.05, 0.1) is 42.4 Å². The fourth-order valence-corrected chi connectivity index (χ4v) is 9.34. The molecule has 3 aliphatic heterocycles. The predicted molar refractivity (Wildman–Crippen MR) is 238 cm³/mol. The number of aliphatic hydroxyl groups is 1. The number of halogens is 1. The lowest BCUT2D eigenvalue weighted by molar-refractivity contribution is -0.938. The molecule has 61 heavy (non-hydrogen) atoms. The summed E-state index contributed by atoms with van der Waals surface area (Å²) in [5, 5.41) is 28.4. The quantitative estimate of drug-likeness (QED) is 0.0280. The Kier molecular flexibility index (Phi) is 15.1. The number of phenolic OH excluding ortho intramolecular Hbond substituents is 1. The normalized spacial score (nSPS) is 19.3. The Morgan fingerprint density at radius 1 is 0.820 bits per heavy atom. The summed E-state index contributed by atoms with van der Waals surface area (Å²) in [6.07, 6.45) is 7.69. The number of ether oxygens (including phenoxy) is 2. The maximum atomic E-state index is 13.7. The number of aromatic amines is 1. The molecule has 0 saturated carbocycles. The summed E-state index contributed by atoms with van der Waals surface area (Å²) < 4.78 is 13.0. The molecule has 4 aromatic carbocycles. The summed E-state index contributed by atoms with van der Waals surface area (Å²) in [4.78, 5) is 41.2. The number of aromatic nitrogens is 1. The zero-order chi connectivity index (χ0) is 42.6. The number of aliphatic hydroxyl groups excluding tert-OH is 1. The van der Waals surface area contributed by atoms with Crippen molar-refractivity contribution in [2.75, 3.05) is 45.9 Å². The van der Waals surface area contributed by atoms with Gasteiger partial charge in [0.15, 0.2) is 6.10 Å². The number of pyridine rings is 1. The summed E-state index contributed by atoms with van der Waals surface area (Å²) in [6.45, 7) is 4.58. The molecular formula is C49H58ClN4O7+. The monoisotopic (exact) mass is 849 g/mol. The van der Waals surface area contributed by atoms with Crippen molar-refractivity contribution in [2.24, 2.45) is 5.92 Å². The molecule has 4 heterocycles. The number of aromatic hydroxyl groups is 1. The molecule has 3 aliphatic rings. The van der Waals surface area contributed by atoms with E-state index in [-0.39, 0.29) is 29.1 Å². The summed E-state index contributed by atoms with van der Waals surface area (Å²) >= 11 is 7.02. The van der Waals surface area contributed by atoms with Crippen LogP contribution in [0.5, 0.6) is 11.5 Å². The lowest BCUT2D eigenvalue weighted by atomic mass is 9.83. The summed E-state index contributed by atoms with van der Waals surface area (Å²) in [5.74, 6) is 0.959. The third-order valence-corrected chi connectivity index (χ3v) is 12.8. The number of hydrogen-bond acceptors (Lipinski definition) is 8. The second kappa shape index (κ2) is 21.1. The first kappa shape index (κ1) is 43.9. The van der Waals surface area contributed by atoms with Gasteiger partial charge >= 0.3 is 6.09 Å². The SMILES string of the molecule is O=C(NC(c1ccccc1)c1cccc(OCCCCCCCCCNC[C@H](O)c2ccc(O)c3[nH]c(=O)ccc23)c1Cl)O[C@H]1C[N+]2(CC(=O)c3ccccc3)CCC1CC2. The van der Waals surface area contributed by atoms with Crippen molar-refractivity contribution in [1.82, 2.24) is 15.6 Å². The van der Waals surface area contributed by atoms with Crippen LogP contribution in [0.15, 0.2) is 108 Å². The highest BCUT2D eigenvalue weighted by atomic mass is 35.5. The van der Waals surface area contributed by atoms with Crippen LogP contribution in [0, 0.1) is 5.92 Å². The van der Waals surface area contributed by atoms with Gasteiger partial charge < -0.3 is 39.8 Å². The molecule has 12 heteroatoms. The Labute approximate surface area is 362 Å². The van der Waals surface area contributed by atoms with Crippen LogP contribution in [0.3, 0.4) is 0 Å². The molecule has 5 N–H and O–H groups in total. The average Bonchev–Trinajstić information content (AvgIpc) is 3.27. The highest BCUT2D eigenvalue weighted by molar-refractivity contribution is 6.33. The van der Waals surface area contributed by atoms with E-state index in [0.29, 0.717) is 58.0 Å². The number of Topliss-reactive ketones (excluding diaryl/α,β-unsaturated/α-hetero) is 1. The Bertz CT molecular complexity index is 2280. The van der Waals surface area contributed by atoms with E-state index in [0.717, 1.165) is 94.1 Å². The molecule has 11 nitrogen and oxygen atoms in total. The molecule has 0 radical (unpaired) electrons. The molecular weight excluding hydrogens is 792 g/mol. The average molecular weight is 850 g/mol. The molecule has 5 aromatic rings. The maximum absolute atomic E-state index is 13.7. The molecule has 322 valence electrons. The second-order valence-electron chi connectivity index (χ2n) is 16.7. The number of piperidine rings is 3. The number of quaternary nitrogens is 1. The molecule has 3 atom stereocenters. The van der Waals surface area contributed by atoms with Crippen LogP contribution in [-0.2, 0) is 4.74 Å². The Morgan fingerprint density at radius 3 is 2.28 bits per heavy atom. The van der Waals surface area contributed by atoms with E-state index >= 15 is 0 Å². The van der Waals surface area contributed by atoms with E-state index in [1.807, 2.05) is 78.9 Å². The van der Waals surface area contributed by atoms with Crippen molar-refractivity contribution in [2.45, 2.75) is 76.0 Å². The van der Waals surface area contributed by atoms with Crippen molar-refractivity contribution >= 4 is 34.4 Å². The minimum absolute atomic E-state index is 0.0208. The lowest BCUT2D eigenvalue weighted by Crippen LogP contribution is -2.66. The van der Waals surface area contributed by atoms with E-state index in [9.17, 15) is 24.6 Å². The number of carbonyl (C=O) groups excluding carboxylic acids is 2.